The highest BCUT2D eigenvalue weighted by atomic mass is 16.5. The molecular weight excluding hydrogens is 310 g/mol. The summed E-state index contributed by atoms with van der Waals surface area (Å²) in [4.78, 5) is 26.5. The third-order valence-corrected chi connectivity index (χ3v) is 3.45. The van der Waals surface area contributed by atoms with Crippen molar-refractivity contribution in [2.75, 3.05) is 6.61 Å². The molecule has 0 amide bonds. The maximum atomic E-state index is 11.1. The van der Waals surface area contributed by atoms with Gasteiger partial charge in [-0.2, -0.15) is 0 Å². The van der Waals surface area contributed by atoms with E-state index >= 15 is 0 Å². The first-order valence-electron chi connectivity index (χ1n) is 7.57. The minimum absolute atomic E-state index is 0.0229. The zero-order valence-corrected chi connectivity index (χ0v) is 13.6. The van der Waals surface area contributed by atoms with Crippen molar-refractivity contribution in [3.63, 3.8) is 0 Å². The Morgan fingerprint density at radius 2 is 2.04 bits per heavy atom. The number of carbonyl (C=O) groups excluding carboxylic acids is 1. The van der Waals surface area contributed by atoms with Crippen LogP contribution in [0.4, 0.5) is 0 Å². The van der Waals surface area contributed by atoms with Crippen LogP contribution in [0.5, 0.6) is 11.5 Å². The number of hydrogen-bond donors (Lipinski definition) is 1. The van der Waals surface area contributed by atoms with Crippen LogP contribution < -0.4 is 9.47 Å². The Kier molecular flexibility index (Phi) is 5.89. The number of carboxylic acids is 1. The number of benzene rings is 1. The van der Waals surface area contributed by atoms with E-state index < -0.39 is 11.9 Å². The molecule has 1 aromatic heterocycles. The molecule has 0 spiro atoms. The molecular formula is C18H19NO5. The van der Waals surface area contributed by atoms with Gasteiger partial charge < -0.3 is 14.6 Å². The number of aromatic nitrogens is 1. The van der Waals surface area contributed by atoms with Crippen LogP contribution in [0, 0.1) is 0 Å². The second kappa shape index (κ2) is 8.10. The first-order valence-corrected chi connectivity index (χ1v) is 7.57. The van der Waals surface area contributed by atoms with E-state index in [0.29, 0.717) is 12.4 Å². The Labute approximate surface area is 140 Å². The van der Waals surface area contributed by atoms with Crippen LogP contribution in [-0.2, 0) is 4.79 Å². The minimum Gasteiger partial charge on any atom is -0.493 e. The van der Waals surface area contributed by atoms with Crippen molar-refractivity contribution in [1.29, 1.82) is 0 Å². The van der Waals surface area contributed by atoms with Gasteiger partial charge in [0.05, 0.1) is 6.61 Å². The van der Waals surface area contributed by atoms with Crippen molar-refractivity contribution >= 4 is 11.9 Å². The molecule has 2 rings (SSSR count). The Hall–Kier alpha value is -2.89. The fraction of sp³-hybridized carbons (Fsp3) is 0.278. The molecule has 1 N–H and O–H groups in total. The van der Waals surface area contributed by atoms with E-state index in [-0.39, 0.29) is 17.2 Å². The molecule has 0 aliphatic rings. The Bertz CT molecular complexity index is 715. The smallest absolute Gasteiger partial charge is 0.339 e. The first-order chi connectivity index (χ1) is 11.5. The average molecular weight is 329 g/mol. The van der Waals surface area contributed by atoms with Gasteiger partial charge in [0.15, 0.2) is 0 Å². The number of hydrogen-bond acceptors (Lipinski definition) is 5. The standard InChI is InChI=1S/C18H19NO5/c1-12(16-5-3-4-9-19-16)8-10-23-14-6-7-15(18(21)22)17(11-14)24-13(2)20/h3-7,9,11-12H,8,10H2,1-2H3,(H,21,22). The molecule has 0 saturated carbocycles. The van der Waals surface area contributed by atoms with Crippen LogP contribution in [0.25, 0.3) is 0 Å². The largest absolute Gasteiger partial charge is 0.493 e. The number of carbonyl (C=O) groups is 2. The average Bonchev–Trinajstić information content (AvgIpc) is 2.55. The quantitative estimate of drug-likeness (QED) is 0.620. The van der Waals surface area contributed by atoms with Gasteiger partial charge in [0.1, 0.15) is 17.1 Å². The SMILES string of the molecule is CC(=O)Oc1cc(OCCC(C)c2ccccn2)ccc1C(=O)O. The van der Waals surface area contributed by atoms with E-state index in [1.165, 1.54) is 19.1 Å². The maximum absolute atomic E-state index is 11.1. The van der Waals surface area contributed by atoms with Crippen molar-refractivity contribution < 1.29 is 24.2 Å². The summed E-state index contributed by atoms with van der Waals surface area (Å²) in [5, 5.41) is 9.11. The van der Waals surface area contributed by atoms with Gasteiger partial charge in [-0.25, -0.2) is 4.79 Å². The number of carboxylic acid groups (broad SMARTS) is 1. The van der Waals surface area contributed by atoms with E-state index in [1.807, 2.05) is 18.2 Å². The molecule has 0 saturated heterocycles. The number of pyridine rings is 1. The van der Waals surface area contributed by atoms with Gasteiger partial charge in [0.25, 0.3) is 0 Å². The summed E-state index contributed by atoms with van der Waals surface area (Å²) in [6, 6.07) is 10.1. The monoisotopic (exact) mass is 329 g/mol. The number of esters is 1. The van der Waals surface area contributed by atoms with Gasteiger partial charge in [-0.3, -0.25) is 9.78 Å². The van der Waals surface area contributed by atoms with E-state index in [9.17, 15) is 9.59 Å². The summed E-state index contributed by atoms with van der Waals surface area (Å²) in [6.45, 7) is 3.71. The van der Waals surface area contributed by atoms with Crippen molar-refractivity contribution in [3.05, 3.63) is 53.9 Å². The predicted octanol–water partition coefficient (Wildman–Crippen LogP) is 3.28. The first kappa shape index (κ1) is 17.5. The van der Waals surface area contributed by atoms with Crippen LogP contribution in [0.2, 0.25) is 0 Å². The lowest BCUT2D eigenvalue weighted by atomic mass is 10.0. The van der Waals surface area contributed by atoms with E-state index in [1.54, 1.807) is 12.3 Å². The lowest BCUT2D eigenvalue weighted by molar-refractivity contribution is -0.131. The second-order valence-corrected chi connectivity index (χ2v) is 5.35. The Morgan fingerprint density at radius 1 is 1.25 bits per heavy atom. The normalized spacial score (nSPS) is 11.6. The maximum Gasteiger partial charge on any atom is 0.339 e. The molecule has 6 heteroatoms. The molecule has 24 heavy (non-hydrogen) atoms. The van der Waals surface area contributed by atoms with Crippen LogP contribution in [0.15, 0.2) is 42.6 Å². The molecule has 1 heterocycles. The minimum atomic E-state index is -1.17. The van der Waals surface area contributed by atoms with Crippen LogP contribution in [0.1, 0.15) is 42.2 Å². The van der Waals surface area contributed by atoms with E-state index in [4.69, 9.17) is 14.6 Å². The molecule has 1 unspecified atom stereocenters. The number of aromatic carboxylic acids is 1. The molecule has 126 valence electrons. The summed E-state index contributed by atoms with van der Waals surface area (Å²) in [5.74, 6) is -1.09. The lowest BCUT2D eigenvalue weighted by Gasteiger charge is -2.13. The summed E-state index contributed by atoms with van der Waals surface area (Å²) < 4.78 is 10.6. The lowest BCUT2D eigenvalue weighted by Crippen LogP contribution is -2.08. The van der Waals surface area contributed by atoms with Gasteiger partial charge in [0.2, 0.25) is 0 Å². The third-order valence-electron chi connectivity index (χ3n) is 3.45. The molecule has 0 aliphatic carbocycles. The molecule has 1 aromatic carbocycles. The molecule has 6 nitrogen and oxygen atoms in total. The number of ether oxygens (including phenoxy) is 2. The fourth-order valence-corrected chi connectivity index (χ4v) is 2.18. The van der Waals surface area contributed by atoms with Crippen molar-refractivity contribution in [2.24, 2.45) is 0 Å². The number of nitrogens with zero attached hydrogens (tertiary/aromatic N) is 1. The van der Waals surface area contributed by atoms with Gasteiger partial charge >= 0.3 is 11.9 Å². The van der Waals surface area contributed by atoms with Crippen LogP contribution >= 0.6 is 0 Å². The Balaban J connectivity index is 1.99. The van der Waals surface area contributed by atoms with Gasteiger partial charge in [-0.1, -0.05) is 13.0 Å². The van der Waals surface area contributed by atoms with Gasteiger partial charge in [-0.05, 0) is 30.7 Å². The zero-order valence-electron chi connectivity index (χ0n) is 13.6. The Morgan fingerprint density at radius 3 is 2.67 bits per heavy atom. The molecule has 0 bridgehead atoms. The highest BCUT2D eigenvalue weighted by molar-refractivity contribution is 5.92. The van der Waals surface area contributed by atoms with E-state index in [0.717, 1.165) is 12.1 Å². The summed E-state index contributed by atoms with van der Waals surface area (Å²) in [7, 11) is 0. The van der Waals surface area contributed by atoms with Crippen LogP contribution in [0.3, 0.4) is 0 Å². The predicted molar refractivity (Wildman–Crippen MR) is 87.5 cm³/mol. The second-order valence-electron chi connectivity index (χ2n) is 5.35. The fourth-order valence-electron chi connectivity index (χ4n) is 2.18. The van der Waals surface area contributed by atoms with Crippen molar-refractivity contribution in [1.82, 2.24) is 4.98 Å². The highest BCUT2D eigenvalue weighted by Gasteiger charge is 2.14. The third kappa shape index (κ3) is 4.81. The van der Waals surface area contributed by atoms with E-state index in [2.05, 4.69) is 11.9 Å². The summed E-state index contributed by atoms with van der Waals surface area (Å²) in [6.07, 6.45) is 2.50. The van der Waals surface area contributed by atoms with Crippen LogP contribution in [-0.4, -0.2) is 28.6 Å². The highest BCUT2D eigenvalue weighted by Crippen LogP contribution is 2.26. The van der Waals surface area contributed by atoms with Gasteiger partial charge in [-0.15, -0.1) is 0 Å². The summed E-state index contributed by atoms with van der Waals surface area (Å²) >= 11 is 0. The van der Waals surface area contributed by atoms with Crippen molar-refractivity contribution in [3.8, 4) is 11.5 Å². The van der Waals surface area contributed by atoms with Crippen molar-refractivity contribution in [2.45, 2.75) is 26.2 Å². The topological polar surface area (TPSA) is 85.7 Å². The molecule has 0 radical (unpaired) electrons. The molecule has 2 aromatic rings. The molecule has 0 aliphatic heterocycles. The zero-order chi connectivity index (χ0) is 17.5. The molecule has 0 fully saturated rings. The number of rotatable bonds is 7. The summed E-state index contributed by atoms with van der Waals surface area (Å²) in [5.41, 5.74) is 0.905. The van der Waals surface area contributed by atoms with Gasteiger partial charge in [0, 0.05) is 30.8 Å². The molecule has 1 atom stereocenters.